The van der Waals surface area contributed by atoms with Gasteiger partial charge in [0.1, 0.15) is 25.4 Å². The van der Waals surface area contributed by atoms with Gasteiger partial charge in [0.25, 0.3) is 0 Å². The first kappa shape index (κ1) is 83.7. The molecule has 5 unspecified atom stereocenters. The Hall–Kier alpha value is -3.27. The number of aliphatic hydroxyl groups is 2. The second-order valence-electron chi connectivity index (χ2n) is 22.6. The molecule has 0 heterocycles. The number of allylic oxidation sites excluding steroid dienone is 14. The van der Waals surface area contributed by atoms with Gasteiger partial charge >= 0.3 is 33.6 Å². The van der Waals surface area contributed by atoms with Crippen molar-refractivity contribution in [2.75, 3.05) is 39.6 Å². The Bertz CT molecular complexity index is 1930. The van der Waals surface area contributed by atoms with E-state index in [2.05, 4.69) is 106 Å². The molecule has 18 heteroatoms. The molecule has 0 aliphatic rings. The van der Waals surface area contributed by atoms with Gasteiger partial charge in [0.15, 0.2) is 6.10 Å². The molecule has 0 rings (SSSR count). The Morgan fingerprint density at radius 3 is 0.989 bits per heavy atom. The van der Waals surface area contributed by atoms with E-state index in [0.717, 1.165) is 128 Å². The van der Waals surface area contributed by atoms with Gasteiger partial charge in [-0.15, -0.1) is 0 Å². The van der Waals surface area contributed by atoms with E-state index in [-0.39, 0.29) is 19.3 Å². The van der Waals surface area contributed by atoms with Gasteiger partial charge in [-0.25, -0.2) is 9.13 Å². The van der Waals surface area contributed by atoms with Crippen molar-refractivity contribution in [2.45, 2.75) is 296 Å². The third kappa shape index (κ3) is 64.1. The highest BCUT2D eigenvalue weighted by molar-refractivity contribution is 7.47. The van der Waals surface area contributed by atoms with Crippen LogP contribution in [0.25, 0.3) is 0 Å². The molecule has 0 aliphatic carbocycles. The summed E-state index contributed by atoms with van der Waals surface area (Å²) in [6.07, 6.45) is 66.5. The zero-order valence-electron chi connectivity index (χ0n) is 54.4. The maximum Gasteiger partial charge on any atom is 0.472 e. The predicted molar refractivity (Wildman–Crippen MR) is 353 cm³/mol. The summed E-state index contributed by atoms with van der Waals surface area (Å²) in [5.41, 5.74) is 0. The lowest BCUT2D eigenvalue weighted by Gasteiger charge is -2.21. The lowest BCUT2D eigenvalue weighted by atomic mass is 10.1. The lowest BCUT2D eigenvalue weighted by molar-refractivity contribution is -0.161. The van der Waals surface area contributed by atoms with E-state index in [1.165, 1.54) is 89.9 Å². The molecule has 4 N–H and O–H groups in total. The molecule has 0 radical (unpaired) electrons. The molecule has 0 saturated carbocycles. The van der Waals surface area contributed by atoms with Crippen LogP contribution in [0.4, 0.5) is 0 Å². The summed E-state index contributed by atoms with van der Waals surface area (Å²) < 4.78 is 60.8. The monoisotopic (exact) mass is 1270 g/mol. The second kappa shape index (κ2) is 62.9. The molecule has 504 valence electrons. The van der Waals surface area contributed by atoms with Crippen molar-refractivity contribution < 1.29 is 75.8 Å². The fraction of sp³-hybridized carbons (Fsp3) is 0.754. The van der Waals surface area contributed by atoms with Gasteiger partial charge in [-0.2, -0.15) is 0 Å². The van der Waals surface area contributed by atoms with Crippen molar-refractivity contribution in [2.24, 2.45) is 0 Å². The van der Waals surface area contributed by atoms with Gasteiger partial charge in [-0.3, -0.25) is 32.5 Å². The standard InChI is InChI=1S/C69H122O16P2/c1-4-7-10-13-16-19-22-24-26-27-28-29-30-31-32-33-34-35-37-39-41-43-46-49-52-55-67(72)79-58-64(70)59-81-86(75,76)82-60-65(71)61-83-87(77,78)84-63-66(85-69(74)57-54-51-48-45-40-21-18-15-12-9-6-3)62-80-68(73)56-53-50-47-44-42-38-36-25-23-20-17-14-11-8-5-2/h8,11,16-17,19-20,24-26,28-29,31-32,36,64-66,70-71H,4-7,9-10,12-15,18,21-23,27,30,33-35,37-63H2,1-3H3,(H,75,76)(H,77,78)/b11-8-,19-16-,20-17-,26-24-,29-28-,32-31-,36-25-. The van der Waals surface area contributed by atoms with Gasteiger partial charge in [-0.1, -0.05) is 247 Å². The number of carbonyl (C=O) groups excluding carboxylic acids is 3. The maximum atomic E-state index is 12.8. The van der Waals surface area contributed by atoms with Crippen molar-refractivity contribution >= 4 is 33.6 Å². The maximum absolute atomic E-state index is 12.8. The highest BCUT2D eigenvalue weighted by Gasteiger charge is 2.29. The van der Waals surface area contributed by atoms with E-state index in [9.17, 15) is 43.5 Å². The normalized spacial score (nSPS) is 14.8. The first-order chi connectivity index (χ1) is 42.2. The molecule has 0 aromatic carbocycles. The van der Waals surface area contributed by atoms with E-state index in [0.29, 0.717) is 19.3 Å². The molecule has 87 heavy (non-hydrogen) atoms. The average Bonchev–Trinajstić information content (AvgIpc) is 3.54. The van der Waals surface area contributed by atoms with Crippen LogP contribution in [0.2, 0.25) is 0 Å². The molecule has 0 saturated heterocycles. The summed E-state index contributed by atoms with van der Waals surface area (Å²) in [6, 6.07) is 0. The minimum Gasteiger partial charge on any atom is -0.463 e. The van der Waals surface area contributed by atoms with E-state index >= 15 is 0 Å². The topological polar surface area (TPSA) is 231 Å². The van der Waals surface area contributed by atoms with Crippen molar-refractivity contribution in [3.8, 4) is 0 Å². The van der Waals surface area contributed by atoms with Crippen LogP contribution < -0.4 is 0 Å². The number of hydrogen-bond acceptors (Lipinski definition) is 14. The van der Waals surface area contributed by atoms with Crippen LogP contribution in [-0.2, 0) is 55.8 Å². The zero-order chi connectivity index (χ0) is 63.8. The van der Waals surface area contributed by atoms with Crippen molar-refractivity contribution in [1.82, 2.24) is 0 Å². The highest BCUT2D eigenvalue weighted by atomic mass is 31.2. The Labute approximate surface area is 527 Å². The van der Waals surface area contributed by atoms with Gasteiger partial charge in [0.2, 0.25) is 0 Å². The number of carbonyl (C=O) groups is 3. The Morgan fingerprint density at radius 2 is 0.609 bits per heavy atom. The van der Waals surface area contributed by atoms with Crippen LogP contribution in [-0.4, -0.2) is 95.9 Å². The highest BCUT2D eigenvalue weighted by Crippen LogP contribution is 2.45. The summed E-state index contributed by atoms with van der Waals surface area (Å²) in [5, 5.41) is 20.5. The molecule has 0 aromatic heterocycles. The van der Waals surface area contributed by atoms with Gasteiger partial charge < -0.3 is 34.2 Å². The number of hydrogen-bond donors (Lipinski definition) is 4. The molecular weight excluding hydrogens is 1150 g/mol. The van der Waals surface area contributed by atoms with Crippen molar-refractivity contribution in [3.63, 3.8) is 0 Å². The smallest absolute Gasteiger partial charge is 0.463 e. The molecular formula is C69H122O16P2. The second-order valence-corrected chi connectivity index (χ2v) is 25.5. The van der Waals surface area contributed by atoms with Crippen LogP contribution in [0.3, 0.4) is 0 Å². The van der Waals surface area contributed by atoms with Gasteiger partial charge in [0, 0.05) is 19.3 Å². The summed E-state index contributed by atoms with van der Waals surface area (Å²) in [6.45, 7) is 2.50. The summed E-state index contributed by atoms with van der Waals surface area (Å²) >= 11 is 0. The molecule has 0 spiro atoms. The molecule has 0 fully saturated rings. The third-order valence-corrected chi connectivity index (χ3v) is 16.0. The molecule has 0 aliphatic heterocycles. The van der Waals surface area contributed by atoms with E-state index < -0.39 is 91.5 Å². The van der Waals surface area contributed by atoms with Crippen LogP contribution in [0.15, 0.2) is 85.1 Å². The Balaban J connectivity index is 4.50. The van der Waals surface area contributed by atoms with E-state index in [4.69, 9.17) is 32.3 Å². The number of aliphatic hydroxyl groups excluding tert-OH is 2. The zero-order valence-corrected chi connectivity index (χ0v) is 56.2. The van der Waals surface area contributed by atoms with E-state index in [1.807, 2.05) is 0 Å². The van der Waals surface area contributed by atoms with Crippen molar-refractivity contribution in [3.05, 3.63) is 85.1 Å². The third-order valence-electron chi connectivity index (χ3n) is 14.1. The van der Waals surface area contributed by atoms with Crippen LogP contribution in [0.1, 0.15) is 278 Å². The molecule has 0 aromatic rings. The van der Waals surface area contributed by atoms with Crippen LogP contribution in [0, 0.1) is 0 Å². The Morgan fingerprint density at radius 1 is 0.333 bits per heavy atom. The Kier molecular flexibility index (Phi) is 60.5. The molecule has 0 amide bonds. The first-order valence-electron chi connectivity index (χ1n) is 33.9. The number of rotatable bonds is 64. The van der Waals surface area contributed by atoms with Crippen LogP contribution in [0.5, 0.6) is 0 Å². The van der Waals surface area contributed by atoms with Crippen LogP contribution >= 0.6 is 15.6 Å². The number of phosphoric acid groups is 2. The quantitative estimate of drug-likeness (QED) is 0.0146. The summed E-state index contributed by atoms with van der Waals surface area (Å²) in [5.74, 6) is -1.59. The predicted octanol–water partition coefficient (Wildman–Crippen LogP) is 18.5. The first-order valence-corrected chi connectivity index (χ1v) is 36.9. The minimum atomic E-state index is -4.92. The van der Waals surface area contributed by atoms with E-state index in [1.54, 1.807) is 0 Å². The fourth-order valence-corrected chi connectivity index (χ4v) is 10.5. The number of phosphoric ester groups is 2. The average molecular weight is 1270 g/mol. The number of unbranched alkanes of at least 4 members (excludes halogenated alkanes) is 27. The largest absolute Gasteiger partial charge is 0.472 e. The summed E-state index contributed by atoms with van der Waals surface area (Å²) in [4.78, 5) is 58.2. The van der Waals surface area contributed by atoms with Gasteiger partial charge in [-0.05, 0) is 96.3 Å². The lowest BCUT2D eigenvalue weighted by Crippen LogP contribution is -2.30. The molecule has 0 bridgehead atoms. The van der Waals surface area contributed by atoms with Crippen molar-refractivity contribution in [1.29, 1.82) is 0 Å². The molecule has 5 atom stereocenters. The molecule has 16 nitrogen and oxygen atoms in total. The summed E-state index contributed by atoms with van der Waals surface area (Å²) in [7, 11) is -9.77. The number of esters is 3. The number of ether oxygens (including phenoxy) is 3. The SMILES string of the molecule is CC/C=C\C/C=C\C/C=C\CCCCCCCC(=O)OCC(COP(=O)(O)OCC(O)COP(=O)(O)OCC(O)COC(=O)CCCCCCCCCCC/C=C\C/C=C\C/C=C\C/C=C\CCCCC)OC(=O)CCCCCCCCCCCCC. The fourth-order valence-electron chi connectivity index (χ4n) is 8.92. The minimum absolute atomic E-state index is 0.103. The van der Waals surface area contributed by atoms with Gasteiger partial charge in [0.05, 0.1) is 26.4 Å².